The number of amides is 1. The highest BCUT2D eigenvalue weighted by Crippen LogP contribution is 2.21. The number of thioether (sulfide) groups is 1. The summed E-state index contributed by atoms with van der Waals surface area (Å²) in [4.78, 5) is 30.2. The Labute approximate surface area is 184 Å². The number of carbonyl (C=O) groups excluding carboxylic acids is 1. The molecule has 0 saturated carbocycles. The minimum atomic E-state index is -4.01. The van der Waals surface area contributed by atoms with Crippen molar-refractivity contribution in [1.29, 1.82) is 0 Å². The Morgan fingerprint density at radius 1 is 1.14 bits per heavy atom. The van der Waals surface area contributed by atoms with E-state index in [2.05, 4.69) is 31.2 Å². The van der Waals surface area contributed by atoms with Gasteiger partial charge in [0.1, 0.15) is 0 Å². The first-order valence-corrected chi connectivity index (χ1v) is 11.7. The number of sulfone groups is 1. The molecule has 1 aromatic heterocycles. The fourth-order valence-electron chi connectivity index (χ4n) is 2.24. The zero-order valence-corrected chi connectivity index (χ0v) is 18.5. The van der Waals surface area contributed by atoms with E-state index in [1.807, 2.05) is 0 Å². The normalized spacial score (nSPS) is 11.2. The van der Waals surface area contributed by atoms with E-state index in [0.717, 1.165) is 18.0 Å². The first-order chi connectivity index (χ1) is 13.8. The van der Waals surface area contributed by atoms with Gasteiger partial charge in [-0.25, -0.2) is 13.4 Å². The SMILES string of the molecule is O=C(CSc1ncc(S(=O)(=O)c2ccc(Br)cc2)c(=O)[nH]1)Nc1ccc(Cl)cc1. The highest BCUT2D eigenvalue weighted by atomic mass is 79.9. The summed E-state index contributed by atoms with van der Waals surface area (Å²) in [5.41, 5.74) is -0.221. The lowest BCUT2D eigenvalue weighted by atomic mass is 10.3. The summed E-state index contributed by atoms with van der Waals surface area (Å²) in [6, 6.07) is 12.5. The van der Waals surface area contributed by atoms with Crippen molar-refractivity contribution in [2.45, 2.75) is 14.9 Å². The van der Waals surface area contributed by atoms with E-state index in [1.165, 1.54) is 12.1 Å². The number of halogens is 2. The molecule has 2 aromatic carbocycles. The Bertz CT molecular complexity index is 1200. The maximum absolute atomic E-state index is 12.6. The summed E-state index contributed by atoms with van der Waals surface area (Å²) < 4.78 is 25.9. The lowest BCUT2D eigenvalue weighted by molar-refractivity contribution is -0.113. The van der Waals surface area contributed by atoms with Crippen LogP contribution in [0.2, 0.25) is 5.02 Å². The Morgan fingerprint density at radius 2 is 1.79 bits per heavy atom. The molecular formula is C18H13BrClN3O4S2. The van der Waals surface area contributed by atoms with Crippen molar-refractivity contribution in [3.63, 3.8) is 0 Å². The zero-order chi connectivity index (χ0) is 21.0. The van der Waals surface area contributed by atoms with Crippen molar-refractivity contribution in [2.75, 3.05) is 11.1 Å². The number of aromatic nitrogens is 2. The molecule has 2 N–H and O–H groups in total. The Morgan fingerprint density at radius 3 is 2.41 bits per heavy atom. The second kappa shape index (κ2) is 9.12. The number of nitrogens with zero attached hydrogens (tertiary/aromatic N) is 1. The van der Waals surface area contributed by atoms with Crippen LogP contribution in [0.5, 0.6) is 0 Å². The third-order valence-corrected chi connectivity index (χ3v) is 7.06. The van der Waals surface area contributed by atoms with E-state index in [-0.39, 0.29) is 21.7 Å². The fourth-order valence-corrected chi connectivity index (χ4v) is 4.49. The third kappa shape index (κ3) is 5.47. The van der Waals surface area contributed by atoms with Gasteiger partial charge in [0.15, 0.2) is 10.1 Å². The molecule has 0 aliphatic rings. The van der Waals surface area contributed by atoms with Crippen molar-refractivity contribution in [3.8, 4) is 0 Å². The van der Waals surface area contributed by atoms with Crippen LogP contribution >= 0.6 is 39.3 Å². The monoisotopic (exact) mass is 513 g/mol. The number of nitrogens with one attached hydrogen (secondary N) is 2. The number of hydrogen-bond acceptors (Lipinski definition) is 6. The lowest BCUT2D eigenvalue weighted by Gasteiger charge is -2.06. The van der Waals surface area contributed by atoms with Gasteiger partial charge in [0.05, 0.1) is 16.8 Å². The van der Waals surface area contributed by atoms with Crippen molar-refractivity contribution < 1.29 is 13.2 Å². The smallest absolute Gasteiger partial charge is 0.270 e. The summed E-state index contributed by atoms with van der Waals surface area (Å²) >= 11 is 10.00. The van der Waals surface area contributed by atoms with Gasteiger partial charge < -0.3 is 10.3 Å². The molecule has 0 fully saturated rings. The predicted octanol–water partition coefficient (Wildman–Crippen LogP) is 3.75. The number of carbonyl (C=O) groups is 1. The zero-order valence-electron chi connectivity index (χ0n) is 14.6. The second-order valence-electron chi connectivity index (χ2n) is 5.68. The van der Waals surface area contributed by atoms with Gasteiger partial charge in [-0.15, -0.1) is 0 Å². The number of hydrogen-bond donors (Lipinski definition) is 2. The molecule has 1 amide bonds. The minimum Gasteiger partial charge on any atom is -0.325 e. The van der Waals surface area contributed by atoms with E-state index in [9.17, 15) is 18.0 Å². The summed E-state index contributed by atoms with van der Waals surface area (Å²) in [5, 5.41) is 3.37. The molecule has 0 unspecified atom stereocenters. The molecule has 7 nitrogen and oxygen atoms in total. The van der Waals surface area contributed by atoms with Crippen LogP contribution in [0.3, 0.4) is 0 Å². The molecule has 150 valence electrons. The molecule has 3 rings (SSSR count). The Balaban J connectivity index is 1.69. The van der Waals surface area contributed by atoms with Crippen LogP contribution in [-0.2, 0) is 14.6 Å². The predicted molar refractivity (Wildman–Crippen MR) is 115 cm³/mol. The molecule has 29 heavy (non-hydrogen) atoms. The molecule has 0 aliphatic heterocycles. The number of aromatic amines is 1. The van der Waals surface area contributed by atoms with Crippen LogP contribution in [0.1, 0.15) is 0 Å². The molecule has 0 bridgehead atoms. The third-order valence-electron chi connectivity index (χ3n) is 3.62. The fraction of sp³-hybridized carbons (Fsp3) is 0.0556. The van der Waals surface area contributed by atoms with Crippen LogP contribution in [0, 0.1) is 0 Å². The average Bonchev–Trinajstić information content (AvgIpc) is 2.68. The molecule has 0 spiro atoms. The van der Waals surface area contributed by atoms with Gasteiger partial charge in [0.2, 0.25) is 15.7 Å². The van der Waals surface area contributed by atoms with Crippen molar-refractivity contribution >= 4 is 60.7 Å². The van der Waals surface area contributed by atoms with Crippen LogP contribution in [-0.4, -0.2) is 30.0 Å². The van der Waals surface area contributed by atoms with Crippen LogP contribution < -0.4 is 10.9 Å². The largest absolute Gasteiger partial charge is 0.325 e. The molecule has 0 aliphatic carbocycles. The van der Waals surface area contributed by atoms with Gasteiger partial charge in [-0.1, -0.05) is 39.3 Å². The summed E-state index contributed by atoms with van der Waals surface area (Å²) in [7, 11) is -4.01. The summed E-state index contributed by atoms with van der Waals surface area (Å²) in [5.74, 6) is -0.337. The molecule has 0 radical (unpaired) electrons. The Kier molecular flexibility index (Phi) is 6.78. The van der Waals surface area contributed by atoms with Gasteiger partial charge >= 0.3 is 0 Å². The molecule has 11 heteroatoms. The van der Waals surface area contributed by atoms with Crippen molar-refractivity contribution in [2.24, 2.45) is 0 Å². The van der Waals surface area contributed by atoms with Crippen molar-refractivity contribution in [1.82, 2.24) is 9.97 Å². The topological polar surface area (TPSA) is 109 Å². The van der Waals surface area contributed by atoms with Crippen LogP contribution in [0.4, 0.5) is 5.69 Å². The standard InChI is InChI=1S/C18H13BrClN3O4S2/c19-11-1-7-14(8-2-11)29(26,27)15-9-21-18(23-17(15)25)28-10-16(24)22-13-5-3-12(20)4-6-13/h1-9H,10H2,(H,22,24)(H,21,23,25). The van der Waals surface area contributed by atoms with E-state index >= 15 is 0 Å². The van der Waals surface area contributed by atoms with Crippen molar-refractivity contribution in [3.05, 3.63) is 74.6 Å². The summed E-state index contributed by atoms with van der Waals surface area (Å²) in [6.07, 6.45) is 0.996. The molecule has 3 aromatic rings. The van der Waals surface area contributed by atoms with Crippen LogP contribution in [0.15, 0.2) is 78.9 Å². The molecule has 0 saturated heterocycles. The van der Waals surface area contributed by atoms with E-state index < -0.39 is 20.3 Å². The number of anilines is 1. The average molecular weight is 515 g/mol. The first kappa shape index (κ1) is 21.6. The highest BCUT2D eigenvalue weighted by molar-refractivity contribution is 9.10. The maximum atomic E-state index is 12.6. The van der Waals surface area contributed by atoms with Crippen LogP contribution in [0.25, 0.3) is 0 Å². The Hall–Kier alpha value is -2.14. The lowest BCUT2D eigenvalue weighted by Crippen LogP contribution is -2.20. The second-order valence-corrected chi connectivity index (χ2v) is 9.92. The van der Waals surface area contributed by atoms with Gasteiger partial charge in [-0.3, -0.25) is 9.59 Å². The quantitative estimate of drug-likeness (QED) is 0.383. The first-order valence-electron chi connectivity index (χ1n) is 8.04. The number of H-pyrrole nitrogens is 1. The van der Waals surface area contributed by atoms with Gasteiger partial charge in [0.25, 0.3) is 5.56 Å². The molecule has 0 atom stereocenters. The van der Waals surface area contributed by atoms with E-state index in [0.29, 0.717) is 15.2 Å². The summed E-state index contributed by atoms with van der Waals surface area (Å²) in [6.45, 7) is 0. The molecule has 1 heterocycles. The number of benzene rings is 2. The van der Waals surface area contributed by atoms with Gasteiger partial charge in [0, 0.05) is 15.2 Å². The van der Waals surface area contributed by atoms with Gasteiger partial charge in [-0.2, -0.15) is 0 Å². The number of rotatable bonds is 6. The maximum Gasteiger partial charge on any atom is 0.270 e. The van der Waals surface area contributed by atoms with E-state index in [1.54, 1.807) is 36.4 Å². The van der Waals surface area contributed by atoms with Gasteiger partial charge in [-0.05, 0) is 48.5 Å². The minimum absolute atomic E-state index is 0.0178. The molecular weight excluding hydrogens is 502 g/mol. The highest BCUT2D eigenvalue weighted by Gasteiger charge is 2.22. The van der Waals surface area contributed by atoms with E-state index in [4.69, 9.17) is 11.6 Å².